The molecule has 282 valence electrons. The molecule has 6 unspecified atom stereocenters. The van der Waals surface area contributed by atoms with E-state index in [2.05, 4.69) is 26.0 Å². The Kier molecular flexibility index (Phi) is 28.0. The number of unbranched alkanes of at least 4 members (excludes halogenated alkanes) is 18. The first-order valence-corrected chi connectivity index (χ1v) is 19.3. The molecule has 1 rings (SSSR count). The fraction of sp³-hybridized carbons (Fsp3) is 0.895. The monoisotopic (exact) mass is 686 g/mol. The molecule has 0 aromatic heterocycles. The van der Waals surface area contributed by atoms with Crippen LogP contribution in [-0.2, 0) is 28.5 Å². The van der Waals surface area contributed by atoms with Gasteiger partial charge >= 0.3 is 11.9 Å². The molecule has 0 spiro atoms. The largest absolute Gasteiger partial charge is 0.462 e. The molecule has 0 aromatic carbocycles. The summed E-state index contributed by atoms with van der Waals surface area (Å²) in [6.45, 7) is 3.31. The Bertz CT molecular complexity index is 804. The Balaban J connectivity index is 2.30. The molecule has 1 fully saturated rings. The third kappa shape index (κ3) is 22.2. The standard InChI is InChI=1S/C38H70O10/c1-3-5-7-9-10-11-12-13-14-15-16-17-18-19-20-21-23-25-27-34(41)47-31(29-45-33(40)26-24-22-8-6-4-2)30-46-38-37(44)36(43)35(42)32(28-39)48-38/h14-15,31-32,35-39,42-44H,3-13,16-30H2,1-2H3/b15-14-. The molecule has 0 aliphatic carbocycles. The third-order valence-corrected chi connectivity index (χ3v) is 8.90. The van der Waals surface area contributed by atoms with E-state index in [-0.39, 0.29) is 32.0 Å². The first-order chi connectivity index (χ1) is 23.3. The predicted molar refractivity (Wildman–Crippen MR) is 187 cm³/mol. The number of carbonyl (C=O) groups is 2. The summed E-state index contributed by atoms with van der Waals surface area (Å²) < 4.78 is 21.9. The highest BCUT2D eigenvalue weighted by Crippen LogP contribution is 2.22. The van der Waals surface area contributed by atoms with Gasteiger partial charge in [0.25, 0.3) is 0 Å². The van der Waals surface area contributed by atoms with E-state index in [1.807, 2.05) is 0 Å². The normalized spacial score (nSPS) is 21.8. The second-order valence-corrected chi connectivity index (χ2v) is 13.4. The zero-order valence-corrected chi connectivity index (χ0v) is 30.2. The van der Waals surface area contributed by atoms with Crippen LogP contribution in [0, 0.1) is 0 Å². The lowest BCUT2D eigenvalue weighted by Gasteiger charge is -2.39. The van der Waals surface area contributed by atoms with Crippen molar-refractivity contribution in [1.29, 1.82) is 0 Å². The lowest BCUT2D eigenvalue weighted by atomic mass is 9.99. The minimum absolute atomic E-state index is 0.217. The smallest absolute Gasteiger partial charge is 0.306 e. The van der Waals surface area contributed by atoms with Crippen LogP contribution in [0.1, 0.15) is 162 Å². The topological polar surface area (TPSA) is 152 Å². The van der Waals surface area contributed by atoms with E-state index in [4.69, 9.17) is 18.9 Å². The maximum atomic E-state index is 12.6. The van der Waals surface area contributed by atoms with Gasteiger partial charge in [-0.2, -0.15) is 0 Å². The molecule has 1 aliphatic heterocycles. The van der Waals surface area contributed by atoms with E-state index >= 15 is 0 Å². The van der Waals surface area contributed by atoms with E-state index in [9.17, 15) is 30.0 Å². The highest BCUT2D eigenvalue weighted by Gasteiger charge is 2.44. The van der Waals surface area contributed by atoms with E-state index in [1.54, 1.807) is 0 Å². The van der Waals surface area contributed by atoms with Gasteiger partial charge < -0.3 is 39.4 Å². The quantitative estimate of drug-likeness (QED) is 0.0347. The van der Waals surface area contributed by atoms with E-state index in [0.717, 1.165) is 57.8 Å². The number of aliphatic hydroxyl groups is 4. The summed E-state index contributed by atoms with van der Waals surface area (Å²) in [5.41, 5.74) is 0. The number of hydrogen-bond donors (Lipinski definition) is 4. The molecule has 0 amide bonds. The van der Waals surface area contributed by atoms with Gasteiger partial charge in [0.05, 0.1) is 13.2 Å². The number of rotatable bonds is 31. The molecule has 0 aromatic rings. The molecule has 1 heterocycles. The van der Waals surface area contributed by atoms with Crippen molar-refractivity contribution in [3.8, 4) is 0 Å². The maximum Gasteiger partial charge on any atom is 0.306 e. The van der Waals surface area contributed by atoms with E-state index in [1.165, 1.54) is 70.6 Å². The summed E-state index contributed by atoms with van der Waals surface area (Å²) in [6.07, 6.45) is 21.3. The summed E-state index contributed by atoms with van der Waals surface area (Å²) in [4.78, 5) is 24.9. The second kappa shape index (κ2) is 30.3. The van der Waals surface area contributed by atoms with Gasteiger partial charge in [-0.05, 0) is 38.5 Å². The molecule has 4 N–H and O–H groups in total. The maximum absolute atomic E-state index is 12.6. The Labute approximate surface area is 291 Å². The summed E-state index contributed by atoms with van der Waals surface area (Å²) in [6, 6.07) is 0. The highest BCUT2D eigenvalue weighted by atomic mass is 16.7. The van der Waals surface area contributed by atoms with Crippen LogP contribution in [0.5, 0.6) is 0 Å². The van der Waals surface area contributed by atoms with Crippen LogP contribution in [0.15, 0.2) is 12.2 Å². The lowest BCUT2D eigenvalue weighted by molar-refractivity contribution is -0.305. The molecular formula is C38H70O10. The van der Waals surface area contributed by atoms with Gasteiger partial charge in [-0.15, -0.1) is 0 Å². The number of hydrogen-bond acceptors (Lipinski definition) is 10. The van der Waals surface area contributed by atoms with Crippen LogP contribution in [0.4, 0.5) is 0 Å². The third-order valence-electron chi connectivity index (χ3n) is 8.90. The summed E-state index contributed by atoms with van der Waals surface area (Å²) in [5, 5.41) is 39.8. The van der Waals surface area contributed by atoms with Crippen molar-refractivity contribution in [2.24, 2.45) is 0 Å². The molecule has 6 atom stereocenters. The summed E-state index contributed by atoms with van der Waals surface area (Å²) in [7, 11) is 0. The fourth-order valence-corrected chi connectivity index (χ4v) is 5.77. The summed E-state index contributed by atoms with van der Waals surface area (Å²) in [5.74, 6) is -0.823. The van der Waals surface area contributed by atoms with Crippen LogP contribution in [0.25, 0.3) is 0 Å². The van der Waals surface area contributed by atoms with Crippen LogP contribution >= 0.6 is 0 Å². The van der Waals surface area contributed by atoms with Crippen LogP contribution < -0.4 is 0 Å². The van der Waals surface area contributed by atoms with E-state index < -0.39 is 49.4 Å². The van der Waals surface area contributed by atoms with Crippen LogP contribution in [0.3, 0.4) is 0 Å². The average molecular weight is 687 g/mol. The molecule has 0 bridgehead atoms. The predicted octanol–water partition coefficient (Wildman–Crippen LogP) is 6.83. The van der Waals surface area contributed by atoms with E-state index in [0.29, 0.717) is 6.42 Å². The van der Waals surface area contributed by atoms with Crippen LogP contribution in [-0.4, -0.2) is 89.0 Å². The molecule has 1 saturated heterocycles. The first kappa shape index (κ1) is 44.5. The Hall–Kier alpha value is -1.56. The molecule has 48 heavy (non-hydrogen) atoms. The fourth-order valence-electron chi connectivity index (χ4n) is 5.77. The zero-order valence-electron chi connectivity index (χ0n) is 30.2. The van der Waals surface area contributed by atoms with Crippen molar-refractivity contribution in [3.63, 3.8) is 0 Å². The van der Waals surface area contributed by atoms with Gasteiger partial charge in [-0.25, -0.2) is 0 Å². The Morgan fingerprint density at radius 2 is 1.10 bits per heavy atom. The van der Waals surface area contributed by atoms with Gasteiger partial charge in [0.15, 0.2) is 12.4 Å². The van der Waals surface area contributed by atoms with Gasteiger partial charge in [0.2, 0.25) is 0 Å². The van der Waals surface area contributed by atoms with Crippen molar-refractivity contribution >= 4 is 11.9 Å². The minimum Gasteiger partial charge on any atom is -0.462 e. The molecular weight excluding hydrogens is 616 g/mol. The first-order valence-electron chi connectivity index (χ1n) is 19.3. The summed E-state index contributed by atoms with van der Waals surface area (Å²) >= 11 is 0. The number of ether oxygens (including phenoxy) is 4. The zero-order chi connectivity index (χ0) is 35.2. The van der Waals surface area contributed by atoms with Gasteiger partial charge in [0, 0.05) is 12.8 Å². The second-order valence-electron chi connectivity index (χ2n) is 13.4. The van der Waals surface area contributed by atoms with Gasteiger partial charge in [-0.1, -0.05) is 122 Å². The highest BCUT2D eigenvalue weighted by molar-refractivity contribution is 5.70. The Morgan fingerprint density at radius 3 is 1.62 bits per heavy atom. The molecule has 10 nitrogen and oxygen atoms in total. The Morgan fingerprint density at radius 1 is 0.625 bits per heavy atom. The van der Waals surface area contributed by atoms with Crippen molar-refractivity contribution in [2.45, 2.75) is 198 Å². The number of allylic oxidation sites excluding steroid dienone is 2. The van der Waals surface area contributed by atoms with Crippen molar-refractivity contribution in [1.82, 2.24) is 0 Å². The molecule has 0 radical (unpaired) electrons. The minimum atomic E-state index is -1.59. The van der Waals surface area contributed by atoms with Crippen molar-refractivity contribution < 1.29 is 49.0 Å². The number of aliphatic hydroxyl groups excluding tert-OH is 4. The van der Waals surface area contributed by atoms with Gasteiger partial charge in [0.1, 0.15) is 31.0 Å². The molecule has 10 heteroatoms. The van der Waals surface area contributed by atoms with Crippen molar-refractivity contribution in [2.75, 3.05) is 19.8 Å². The molecule has 1 aliphatic rings. The average Bonchev–Trinajstić information content (AvgIpc) is 3.08. The van der Waals surface area contributed by atoms with Gasteiger partial charge in [-0.3, -0.25) is 9.59 Å². The molecule has 0 saturated carbocycles. The number of esters is 2. The SMILES string of the molecule is CCCCCCCCC/C=C\CCCCCCCCCC(=O)OC(COC(=O)CCCCCCC)COC1OC(CO)C(O)C(O)C1O. The number of carbonyl (C=O) groups excluding carboxylic acids is 2. The van der Waals surface area contributed by atoms with Crippen molar-refractivity contribution in [3.05, 3.63) is 12.2 Å². The van der Waals surface area contributed by atoms with Crippen LogP contribution in [0.2, 0.25) is 0 Å². The lowest BCUT2D eigenvalue weighted by Crippen LogP contribution is -2.59.